The number of carboxylic acid groups (broad SMARTS) is 1. The summed E-state index contributed by atoms with van der Waals surface area (Å²) in [6, 6.07) is 2.89. The second-order valence-electron chi connectivity index (χ2n) is 3.00. The number of methoxy groups -OCH3 is 1. The SMILES string of the molecule is COc1c(Cl)ccc(Cl)c1C(=O)O.c1c[nH]cn1. The van der Waals surface area contributed by atoms with Crippen molar-refractivity contribution in [1.29, 1.82) is 0 Å². The highest BCUT2D eigenvalue weighted by atomic mass is 35.5. The van der Waals surface area contributed by atoms with Crippen LogP contribution in [0.3, 0.4) is 0 Å². The van der Waals surface area contributed by atoms with Crippen LogP contribution in [-0.4, -0.2) is 28.2 Å². The van der Waals surface area contributed by atoms with Crippen molar-refractivity contribution in [2.24, 2.45) is 0 Å². The lowest BCUT2D eigenvalue weighted by atomic mass is 10.2. The third-order valence-electron chi connectivity index (χ3n) is 1.88. The summed E-state index contributed by atoms with van der Waals surface area (Å²) in [4.78, 5) is 17.1. The van der Waals surface area contributed by atoms with Gasteiger partial charge < -0.3 is 14.8 Å². The molecule has 0 unspecified atom stereocenters. The molecule has 0 bridgehead atoms. The van der Waals surface area contributed by atoms with Gasteiger partial charge in [-0.1, -0.05) is 23.2 Å². The predicted octanol–water partition coefficient (Wildman–Crippen LogP) is 3.11. The van der Waals surface area contributed by atoms with Gasteiger partial charge in [-0.15, -0.1) is 0 Å². The van der Waals surface area contributed by atoms with Gasteiger partial charge in [0.05, 0.1) is 23.5 Å². The summed E-state index contributed by atoms with van der Waals surface area (Å²) >= 11 is 11.4. The molecule has 0 aliphatic carbocycles. The average Bonchev–Trinajstić information content (AvgIpc) is 2.90. The second kappa shape index (κ2) is 6.88. The van der Waals surface area contributed by atoms with Crippen LogP contribution in [-0.2, 0) is 0 Å². The van der Waals surface area contributed by atoms with Crippen molar-refractivity contribution in [3.63, 3.8) is 0 Å². The Kier molecular flexibility index (Phi) is 5.48. The number of hydrogen-bond acceptors (Lipinski definition) is 3. The minimum Gasteiger partial charge on any atom is -0.494 e. The average molecular weight is 289 g/mol. The zero-order chi connectivity index (χ0) is 13.5. The summed E-state index contributed by atoms with van der Waals surface area (Å²) in [6.07, 6.45) is 5.08. The van der Waals surface area contributed by atoms with Crippen LogP contribution < -0.4 is 4.74 Å². The van der Waals surface area contributed by atoms with E-state index in [1.54, 1.807) is 18.7 Å². The first-order chi connectivity index (χ1) is 8.57. The fraction of sp³-hybridized carbons (Fsp3) is 0.0909. The molecule has 0 spiro atoms. The van der Waals surface area contributed by atoms with Gasteiger partial charge >= 0.3 is 5.97 Å². The van der Waals surface area contributed by atoms with Crippen molar-refractivity contribution in [3.05, 3.63) is 46.5 Å². The maximum absolute atomic E-state index is 10.7. The number of aromatic amines is 1. The molecule has 1 aromatic heterocycles. The van der Waals surface area contributed by atoms with E-state index in [1.807, 2.05) is 0 Å². The van der Waals surface area contributed by atoms with Gasteiger partial charge in [0.2, 0.25) is 0 Å². The van der Waals surface area contributed by atoms with Gasteiger partial charge in [0.15, 0.2) is 5.75 Å². The van der Waals surface area contributed by atoms with Crippen LogP contribution >= 0.6 is 23.2 Å². The summed E-state index contributed by atoms with van der Waals surface area (Å²) in [6.45, 7) is 0. The molecule has 0 aliphatic heterocycles. The Balaban J connectivity index is 0.000000269. The molecule has 5 nitrogen and oxygen atoms in total. The molecule has 1 aromatic carbocycles. The molecule has 2 rings (SSSR count). The molecular formula is C11H10Cl2N2O3. The highest BCUT2D eigenvalue weighted by molar-refractivity contribution is 6.36. The number of hydrogen-bond donors (Lipinski definition) is 2. The van der Waals surface area contributed by atoms with Gasteiger partial charge in [0.25, 0.3) is 0 Å². The lowest BCUT2D eigenvalue weighted by molar-refractivity contribution is 0.0693. The number of imidazole rings is 1. The van der Waals surface area contributed by atoms with Crippen molar-refractivity contribution in [3.8, 4) is 5.75 Å². The molecule has 0 aliphatic rings. The van der Waals surface area contributed by atoms with Crippen LogP contribution in [0.5, 0.6) is 5.75 Å². The van der Waals surface area contributed by atoms with Crippen LogP contribution in [0.1, 0.15) is 10.4 Å². The fourth-order valence-corrected chi connectivity index (χ4v) is 1.61. The maximum atomic E-state index is 10.7. The van der Waals surface area contributed by atoms with Crippen LogP contribution in [0.2, 0.25) is 10.0 Å². The molecule has 0 radical (unpaired) electrons. The zero-order valence-electron chi connectivity index (χ0n) is 9.35. The molecule has 0 atom stereocenters. The number of carbonyl (C=O) groups is 1. The largest absolute Gasteiger partial charge is 0.494 e. The second-order valence-corrected chi connectivity index (χ2v) is 3.82. The number of benzene rings is 1. The Morgan fingerprint density at radius 3 is 2.39 bits per heavy atom. The quantitative estimate of drug-likeness (QED) is 0.890. The van der Waals surface area contributed by atoms with E-state index < -0.39 is 5.97 Å². The molecule has 7 heteroatoms. The third kappa shape index (κ3) is 3.65. The van der Waals surface area contributed by atoms with Crippen molar-refractivity contribution < 1.29 is 14.6 Å². The van der Waals surface area contributed by atoms with E-state index in [4.69, 9.17) is 33.0 Å². The van der Waals surface area contributed by atoms with E-state index in [1.165, 1.54) is 19.2 Å². The lowest BCUT2D eigenvalue weighted by Crippen LogP contribution is -2.01. The maximum Gasteiger partial charge on any atom is 0.341 e. The molecule has 1 heterocycles. The first-order valence-corrected chi connectivity index (χ1v) is 5.51. The van der Waals surface area contributed by atoms with Crippen molar-refractivity contribution >= 4 is 29.2 Å². The number of aromatic carboxylic acids is 1. The van der Waals surface area contributed by atoms with E-state index in [0.29, 0.717) is 0 Å². The van der Waals surface area contributed by atoms with Crippen LogP contribution in [0.4, 0.5) is 0 Å². The Bertz CT molecular complexity index is 498. The Labute approximate surface area is 113 Å². The Morgan fingerprint density at radius 2 is 2.06 bits per heavy atom. The molecular weight excluding hydrogens is 279 g/mol. The number of rotatable bonds is 2. The summed E-state index contributed by atoms with van der Waals surface area (Å²) in [5.74, 6) is -1.08. The molecule has 0 amide bonds. The van der Waals surface area contributed by atoms with E-state index in [9.17, 15) is 4.79 Å². The molecule has 2 aromatic rings. The summed E-state index contributed by atoms with van der Waals surface area (Å²) in [7, 11) is 1.34. The molecule has 0 saturated carbocycles. The molecule has 96 valence electrons. The van der Waals surface area contributed by atoms with Gasteiger partial charge in [-0.05, 0) is 12.1 Å². The van der Waals surface area contributed by atoms with E-state index in [2.05, 4.69) is 9.97 Å². The van der Waals surface area contributed by atoms with E-state index in [0.717, 1.165) is 0 Å². The Hall–Kier alpha value is -1.72. The van der Waals surface area contributed by atoms with Crippen LogP contribution in [0.25, 0.3) is 0 Å². The standard InChI is InChI=1S/C8H6Cl2O3.C3H4N2/c1-13-7-5(10)3-2-4(9)6(7)8(11)12;1-2-5-3-4-1/h2-3H,1H3,(H,11,12);1-3H,(H,4,5). The number of carboxylic acids is 1. The molecule has 0 fully saturated rings. The Morgan fingerprint density at radius 1 is 1.39 bits per heavy atom. The first kappa shape index (κ1) is 14.3. The normalized spacial score (nSPS) is 9.28. The van der Waals surface area contributed by atoms with Crippen molar-refractivity contribution in [1.82, 2.24) is 9.97 Å². The van der Waals surface area contributed by atoms with Crippen LogP contribution in [0, 0.1) is 0 Å². The zero-order valence-corrected chi connectivity index (χ0v) is 10.9. The number of halogens is 2. The van der Waals surface area contributed by atoms with Gasteiger partial charge in [0, 0.05) is 12.4 Å². The highest BCUT2D eigenvalue weighted by Gasteiger charge is 2.17. The predicted molar refractivity (Wildman–Crippen MR) is 68.6 cm³/mol. The van der Waals surface area contributed by atoms with Crippen LogP contribution in [0.15, 0.2) is 30.9 Å². The number of nitrogens with one attached hydrogen (secondary N) is 1. The van der Waals surface area contributed by atoms with E-state index in [-0.39, 0.29) is 21.4 Å². The van der Waals surface area contributed by atoms with Crippen molar-refractivity contribution in [2.45, 2.75) is 0 Å². The fourth-order valence-electron chi connectivity index (χ4n) is 1.15. The van der Waals surface area contributed by atoms with Gasteiger partial charge in [-0.2, -0.15) is 0 Å². The highest BCUT2D eigenvalue weighted by Crippen LogP contribution is 2.33. The topological polar surface area (TPSA) is 75.2 Å². The molecule has 0 saturated heterocycles. The number of aromatic nitrogens is 2. The number of nitrogens with zero attached hydrogens (tertiary/aromatic N) is 1. The lowest BCUT2D eigenvalue weighted by Gasteiger charge is -2.07. The van der Waals surface area contributed by atoms with E-state index >= 15 is 0 Å². The minimum absolute atomic E-state index is 0.0849. The molecule has 2 N–H and O–H groups in total. The van der Waals surface area contributed by atoms with Crippen molar-refractivity contribution in [2.75, 3.05) is 7.11 Å². The number of H-pyrrole nitrogens is 1. The number of ether oxygens (including phenoxy) is 1. The van der Waals surface area contributed by atoms with Gasteiger partial charge in [-0.25, -0.2) is 9.78 Å². The third-order valence-corrected chi connectivity index (χ3v) is 2.50. The summed E-state index contributed by atoms with van der Waals surface area (Å²) in [5, 5.41) is 9.11. The van der Waals surface area contributed by atoms with Gasteiger partial charge in [-0.3, -0.25) is 0 Å². The molecule has 18 heavy (non-hydrogen) atoms. The minimum atomic E-state index is -1.16. The summed E-state index contributed by atoms with van der Waals surface area (Å²) < 4.78 is 4.82. The monoisotopic (exact) mass is 288 g/mol. The summed E-state index contributed by atoms with van der Waals surface area (Å²) in [5.41, 5.74) is -0.114. The smallest absolute Gasteiger partial charge is 0.341 e. The first-order valence-electron chi connectivity index (χ1n) is 4.76. The van der Waals surface area contributed by atoms with Gasteiger partial charge in [0.1, 0.15) is 5.56 Å².